The Balaban J connectivity index is 1.66. The van der Waals surface area contributed by atoms with E-state index in [2.05, 4.69) is 5.32 Å². The summed E-state index contributed by atoms with van der Waals surface area (Å²) in [5.41, 5.74) is 1.80. The number of halogens is 2. The van der Waals surface area contributed by atoms with Crippen LogP contribution in [0.25, 0.3) is 17.2 Å². The molecule has 0 atom stereocenters. The minimum Gasteiger partial charge on any atom is -0.423 e. The van der Waals surface area contributed by atoms with Crippen molar-refractivity contribution in [1.29, 1.82) is 0 Å². The van der Waals surface area contributed by atoms with Crippen molar-refractivity contribution < 1.29 is 23.1 Å². The molecule has 4 rings (SSSR count). The molecule has 0 saturated carbocycles. The molecule has 4 nitrogen and oxygen atoms in total. The van der Waals surface area contributed by atoms with Crippen molar-refractivity contribution in [2.75, 3.05) is 5.32 Å². The fraction of sp³-hybridized carbons (Fsp3) is 0. The second-order valence-electron chi connectivity index (χ2n) is 7.32. The van der Waals surface area contributed by atoms with Crippen molar-refractivity contribution in [3.8, 4) is 16.9 Å². The van der Waals surface area contributed by atoms with E-state index in [0.717, 1.165) is 17.7 Å². The summed E-state index contributed by atoms with van der Waals surface area (Å²) in [5.74, 6) is -2.71. The van der Waals surface area contributed by atoms with E-state index in [1.807, 2.05) is 30.3 Å². The van der Waals surface area contributed by atoms with Crippen LogP contribution in [0.3, 0.4) is 0 Å². The summed E-state index contributed by atoms with van der Waals surface area (Å²) >= 11 is 0. The van der Waals surface area contributed by atoms with Gasteiger partial charge >= 0.3 is 5.97 Å². The van der Waals surface area contributed by atoms with Gasteiger partial charge in [-0.1, -0.05) is 54.6 Å². The summed E-state index contributed by atoms with van der Waals surface area (Å²) in [7, 11) is 0. The molecule has 0 aliphatic carbocycles. The largest absolute Gasteiger partial charge is 0.423 e. The van der Waals surface area contributed by atoms with Crippen molar-refractivity contribution >= 4 is 23.6 Å². The lowest BCUT2D eigenvalue weighted by Gasteiger charge is -2.12. The molecule has 4 aromatic carbocycles. The predicted molar refractivity (Wildman–Crippen MR) is 127 cm³/mol. The van der Waals surface area contributed by atoms with E-state index in [9.17, 15) is 18.4 Å². The summed E-state index contributed by atoms with van der Waals surface area (Å²) in [5, 5.41) is 2.73. The zero-order chi connectivity index (χ0) is 23.9. The van der Waals surface area contributed by atoms with E-state index in [1.165, 1.54) is 30.3 Å². The maximum Gasteiger partial charge on any atom is 0.336 e. The average Bonchev–Trinajstić information content (AvgIpc) is 2.84. The molecule has 0 aromatic heterocycles. The topological polar surface area (TPSA) is 55.4 Å². The number of hydrogen-bond acceptors (Lipinski definition) is 3. The second-order valence-corrected chi connectivity index (χ2v) is 7.32. The fourth-order valence-corrected chi connectivity index (χ4v) is 3.28. The minimum absolute atomic E-state index is 0.00223. The van der Waals surface area contributed by atoms with Gasteiger partial charge in [-0.25, -0.2) is 13.6 Å². The van der Waals surface area contributed by atoms with Gasteiger partial charge < -0.3 is 10.1 Å². The molecule has 0 unspecified atom stereocenters. The summed E-state index contributed by atoms with van der Waals surface area (Å²) in [6.07, 6.45) is 2.84. The second kappa shape index (κ2) is 10.4. The van der Waals surface area contributed by atoms with Crippen LogP contribution in [0.15, 0.2) is 103 Å². The number of amides is 1. The maximum atomic E-state index is 14.4. The number of carbonyl (C=O) groups excluding carboxylic acids is 2. The zero-order valence-corrected chi connectivity index (χ0v) is 17.9. The van der Waals surface area contributed by atoms with Gasteiger partial charge in [0.15, 0.2) is 0 Å². The third-order valence-corrected chi connectivity index (χ3v) is 4.92. The highest BCUT2D eigenvalue weighted by atomic mass is 19.1. The highest BCUT2D eigenvalue weighted by Gasteiger charge is 2.18. The van der Waals surface area contributed by atoms with Gasteiger partial charge in [-0.05, 0) is 53.6 Å². The molecule has 6 heteroatoms. The number of rotatable bonds is 6. The number of esters is 1. The number of hydrogen-bond donors (Lipinski definition) is 1. The first-order chi connectivity index (χ1) is 16.5. The monoisotopic (exact) mass is 455 g/mol. The molecule has 0 spiro atoms. The molecule has 4 aromatic rings. The predicted octanol–water partition coefficient (Wildman–Crippen LogP) is 6.50. The Morgan fingerprint density at radius 2 is 1.50 bits per heavy atom. The number of ether oxygens (including phenoxy) is 1. The lowest BCUT2D eigenvalue weighted by Crippen LogP contribution is -2.15. The Bertz CT molecular complexity index is 1350. The van der Waals surface area contributed by atoms with Crippen molar-refractivity contribution in [2.24, 2.45) is 0 Å². The van der Waals surface area contributed by atoms with Crippen LogP contribution in [0.2, 0.25) is 0 Å². The van der Waals surface area contributed by atoms with Gasteiger partial charge in [0.2, 0.25) is 0 Å². The molecular weight excluding hydrogens is 436 g/mol. The summed E-state index contributed by atoms with van der Waals surface area (Å²) < 4.78 is 33.1. The van der Waals surface area contributed by atoms with Gasteiger partial charge in [0.05, 0.1) is 5.56 Å². The van der Waals surface area contributed by atoms with Crippen molar-refractivity contribution in [3.63, 3.8) is 0 Å². The first-order valence-corrected chi connectivity index (χ1v) is 10.4. The van der Waals surface area contributed by atoms with Crippen LogP contribution in [0, 0.1) is 11.6 Å². The van der Waals surface area contributed by atoms with E-state index in [0.29, 0.717) is 11.3 Å². The van der Waals surface area contributed by atoms with Gasteiger partial charge in [-0.2, -0.15) is 0 Å². The highest BCUT2D eigenvalue weighted by molar-refractivity contribution is 6.07. The molecule has 1 amide bonds. The van der Waals surface area contributed by atoms with Crippen LogP contribution in [0.1, 0.15) is 15.9 Å². The van der Waals surface area contributed by atoms with Gasteiger partial charge in [-0.15, -0.1) is 0 Å². The van der Waals surface area contributed by atoms with Crippen molar-refractivity contribution in [1.82, 2.24) is 0 Å². The molecule has 0 saturated heterocycles. The van der Waals surface area contributed by atoms with Crippen molar-refractivity contribution in [3.05, 3.63) is 126 Å². The maximum absolute atomic E-state index is 14.4. The Hall–Kier alpha value is -4.58. The molecule has 0 bridgehead atoms. The Morgan fingerprint density at radius 3 is 2.21 bits per heavy atom. The minimum atomic E-state index is -0.773. The van der Waals surface area contributed by atoms with E-state index in [1.54, 1.807) is 36.4 Å². The van der Waals surface area contributed by atoms with Gasteiger partial charge in [0.1, 0.15) is 17.4 Å². The summed E-state index contributed by atoms with van der Waals surface area (Å²) in [4.78, 5) is 25.5. The van der Waals surface area contributed by atoms with Crippen LogP contribution in [0.4, 0.5) is 14.5 Å². The van der Waals surface area contributed by atoms with Gasteiger partial charge in [0, 0.05) is 23.4 Å². The van der Waals surface area contributed by atoms with E-state index in [4.69, 9.17) is 4.74 Å². The first kappa shape index (κ1) is 22.6. The normalized spacial score (nSPS) is 10.8. The summed E-state index contributed by atoms with van der Waals surface area (Å²) in [6.45, 7) is 0. The highest BCUT2D eigenvalue weighted by Crippen LogP contribution is 2.30. The lowest BCUT2D eigenvalue weighted by atomic mass is 10.0. The van der Waals surface area contributed by atoms with E-state index >= 15 is 0 Å². The van der Waals surface area contributed by atoms with Crippen LogP contribution in [-0.2, 0) is 4.79 Å². The molecule has 1 N–H and O–H groups in total. The molecule has 34 heavy (non-hydrogen) atoms. The molecule has 0 radical (unpaired) electrons. The molecule has 0 aliphatic heterocycles. The number of carbonyl (C=O) groups is 2. The zero-order valence-electron chi connectivity index (χ0n) is 17.9. The third kappa shape index (κ3) is 5.61. The van der Waals surface area contributed by atoms with E-state index in [-0.39, 0.29) is 16.9 Å². The average molecular weight is 455 g/mol. The number of nitrogens with one attached hydrogen (secondary N) is 1. The first-order valence-electron chi connectivity index (χ1n) is 10.4. The fourth-order valence-electron chi connectivity index (χ4n) is 3.28. The van der Waals surface area contributed by atoms with Crippen LogP contribution in [-0.4, -0.2) is 11.9 Å². The molecule has 0 fully saturated rings. The summed E-state index contributed by atoms with van der Waals surface area (Å²) in [6, 6.07) is 25.4. The smallest absolute Gasteiger partial charge is 0.336 e. The van der Waals surface area contributed by atoms with E-state index < -0.39 is 23.5 Å². The lowest BCUT2D eigenvalue weighted by molar-refractivity contribution is -0.128. The Kier molecular flexibility index (Phi) is 6.89. The molecular formula is C28H19F2NO3. The quantitative estimate of drug-likeness (QED) is 0.205. The SMILES string of the molecule is O=C(/C=C/c1ccccc1)Oc1ccc(-c2ccc(F)cc2F)cc1C(=O)Nc1ccccc1. The number of benzene rings is 4. The molecule has 0 heterocycles. The Morgan fingerprint density at radius 1 is 0.794 bits per heavy atom. The van der Waals surface area contributed by atoms with Crippen LogP contribution in [0.5, 0.6) is 5.75 Å². The molecule has 168 valence electrons. The Labute approximate surface area is 195 Å². The standard InChI is InChI=1S/C28H19F2NO3/c29-21-13-14-23(25(30)18-21)20-12-15-26(34-27(32)16-11-19-7-3-1-4-8-19)24(17-20)28(33)31-22-9-5-2-6-10-22/h1-18H,(H,31,33)/b16-11+. The van der Waals surface area contributed by atoms with Gasteiger partial charge in [0.25, 0.3) is 5.91 Å². The number of anilines is 1. The molecule has 0 aliphatic rings. The van der Waals surface area contributed by atoms with Gasteiger partial charge in [-0.3, -0.25) is 4.79 Å². The van der Waals surface area contributed by atoms with Crippen LogP contribution >= 0.6 is 0 Å². The van der Waals surface area contributed by atoms with Crippen molar-refractivity contribution in [2.45, 2.75) is 0 Å². The third-order valence-electron chi connectivity index (χ3n) is 4.92. The van der Waals surface area contributed by atoms with Crippen LogP contribution < -0.4 is 10.1 Å². The number of para-hydroxylation sites is 1.